The molecule has 0 atom stereocenters. The Bertz CT molecular complexity index is 838. The Labute approximate surface area is 152 Å². The molecular weight excluding hydrogens is 360 g/mol. The summed E-state index contributed by atoms with van der Waals surface area (Å²) >= 11 is 1.54. The summed E-state index contributed by atoms with van der Waals surface area (Å²) in [6.07, 6.45) is 0. The van der Waals surface area contributed by atoms with Gasteiger partial charge in [0.15, 0.2) is 0 Å². The summed E-state index contributed by atoms with van der Waals surface area (Å²) in [5.41, 5.74) is -0.395. The van der Waals surface area contributed by atoms with E-state index in [4.69, 9.17) is 4.74 Å². The smallest absolute Gasteiger partial charge is 0.251 e. The highest BCUT2D eigenvalue weighted by Crippen LogP contribution is 2.26. The Morgan fingerprint density at radius 1 is 1.24 bits per heavy atom. The van der Waals surface area contributed by atoms with Crippen molar-refractivity contribution in [2.45, 2.75) is 37.8 Å². The molecule has 0 aliphatic carbocycles. The molecule has 0 aliphatic heterocycles. The van der Waals surface area contributed by atoms with Gasteiger partial charge in [-0.2, -0.15) is 0 Å². The van der Waals surface area contributed by atoms with Crippen LogP contribution in [0.4, 0.5) is 0 Å². The highest BCUT2D eigenvalue weighted by atomic mass is 32.2. The van der Waals surface area contributed by atoms with E-state index in [1.54, 1.807) is 26.8 Å². The van der Waals surface area contributed by atoms with Crippen LogP contribution in [0.5, 0.6) is 5.75 Å². The number of thiophene rings is 1. The lowest BCUT2D eigenvalue weighted by Crippen LogP contribution is -2.40. The largest absolute Gasteiger partial charge is 0.495 e. The lowest BCUT2D eigenvalue weighted by Gasteiger charge is -2.21. The van der Waals surface area contributed by atoms with Crippen molar-refractivity contribution in [3.8, 4) is 5.75 Å². The molecule has 2 rings (SSSR count). The van der Waals surface area contributed by atoms with Crippen LogP contribution in [0.15, 0.2) is 40.6 Å². The Kier molecular flexibility index (Phi) is 5.87. The zero-order chi connectivity index (χ0) is 18.7. The second-order valence-corrected chi connectivity index (χ2v) is 9.17. The van der Waals surface area contributed by atoms with Gasteiger partial charge in [-0.3, -0.25) is 4.79 Å². The summed E-state index contributed by atoms with van der Waals surface area (Å²) in [6, 6.07) is 8.18. The topological polar surface area (TPSA) is 84.5 Å². The Balaban J connectivity index is 2.28. The van der Waals surface area contributed by atoms with Gasteiger partial charge in [0, 0.05) is 16.0 Å². The molecular formula is C17H22N2O4S2. The molecule has 0 spiro atoms. The number of hydrogen-bond donors (Lipinski definition) is 2. The molecule has 0 aliphatic rings. The Morgan fingerprint density at radius 3 is 2.52 bits per heavy atom. The maximum Gasteiger partial charge on any atom is 0.251 e. The predicted octanol–water partition coefficient (Wildman–Crippen LogP) is 2.76. The molecule has 1 aromatic carbocycles. The molecule has 0 bridgehead atoms. The van der Waals surface area contributed by atoms with E-state index < -0.39 is 15.6 Å². The maximum atomic E-state index is 12.6. The minimum absolute atomic E-state index is 0.0614. The molecule has 136 valence electrons. The molecule has 0 radical (unpaired) electrons. The van der Waals surface area contributed by atoms with Gasteiger partial charge in [-0.25, -0.2) is 13.1 Å². The van der Waals surface area contributed by atoms with Crippen LogP contribution in [0.25, 0.3) is 0 Å². The quantitative estimate of drug-likeness (QED) is 0.805. The Hall–Kier alpha value is -1.90. The van der Waals surface area contributed by atoms with Gasteiger partial charge in [0.1, 0.15) is 10.6 Å². The summed E-state index contributed by atoms with van der Waals surface area (Å²) in [5.74, 6) is -0.158. The number of rotatable bonds is 6. The normalized spacial score (nSPS) is 12.0. The summed E-state index contributed by atoms with van der Waals surface area (Å²) in [7, 11) is -2.44. The van der Waals surface area contributed by atoms with E-state index in [1.807, 2.05) is 17.5 Å². The van der Waals surface area contributed by atoms with Crippen LogP contribution < -0.4 is 14.8 Å². The molecule has 2 N–H and O–H groups in total. The zero-order valence-corrected chi connectivity index (χ0v) is 16.3. The van der Waals surface area contributed by atoms with E-state index in [-0.39, 0.29) is 22.1 Å². The maximum absolute atomic E-state index is 12.6. The highest BCUT2D eigenvalue weighted by molar-refractivity contribution is 7.89. The van der Waals surface area contributed by atoms with Crippen molar-refractivity contribution in [3.05, 3.63) is 46.2 Å². The lowest BCUT2D eigenvalue weighted by molar-refractivity contribution is 0.0951. The average molecular weight is 383 g/mol. The summed E-state index contributed by atoms with van der Waals surface area (Å²) in [5, 5.41) is 4.71. The van der Waals surface area contributed by atoms with Gasteiger partial charge in [0.05, 0.1) is 13.7 Å². The molecule has 1 heterocycles. The van der Waals surface area contributed by atoms with Crippen LogP contribution in [-0.4, -0.2) is 27.0 Å². The molecule has 0 fully saturated rings. The third-order valence-corrected chi connectivity index (χ3v) is 5.81. The van der Waals surface area contributed by atoms with Crippen molar-refractivity contribution < 1.29 is 17.9 Å². The fourth-order valence-corrected chi connectivity index (χ4v) is 4.43. The number of amides is 1. The lowest BCUT2D eigenvalue weighted by atomic mass is 10.1. The van der Waals surface area contributed by atoms with Gasteiger partial charge < -0.3 is 10.1 Å². The number of ether oxygens (including phenoxy) is 1. The monoisotopic (exact) mass is 382 g/mol. The molecule has 6 nitrogen and oxygen atoms in total. The minimum Gasteiger partial charge on any atom is -0.495 e. The van der Waals surface area contributed by atoms with Crippen molar-refractivity contribution >= 4 is 27.3 Å². The summed E-state index contributed by atoms with van der Waals surface area (Å²) in [4.78, 5) is 13.3. The van der Waals surface area contributed by atoms with Crippen LogP contribution in [0.2, 0.25) is 0 Å². The van der Waals surface area contributed by atoms with E-state index in [1.165, 1.54) is 30.6 Å². The van der Waals surface area contributed by atoms with Crippen molar-refractivity contribution in [2.24, 2.45) is 0 Å². The number of carbonyl (C=O) groups excluding carboxylic acids is 1. The van der Waals surface area contributed by atoms with Gasteiger partial charge in [-0.05, 0) is 50.4 Å². The third kappa shape index (κ3) is 5.29. The number of hydrogen-bond acceptors (Lipinski definition) is 5. The van der Waals surface area contributed by atoms with Crippen molar-refractivity contribution in [1.29, 1.82) is 0 Å². The van der Waals surface area contributed by atoms with Gasteiger partial charge in [0.25, 0.3) is 5.91 Å². The van der Waals surface area contributed by atoms with Crippen molar-refractivity contribution in [2.75, 3.05) is 7.11 Å². The van der Waals surface area contributed by atoms with Crippen LogP contribution in [0.3, 0.4) is 0 Å². The van der Waals surface area contributed by atoms with E-state index in [0.717, 1.165) is 4.88 Å². The number of nitrogens with one attached hydrogen (secondary N) is 2. The zero-order valence-electron chi connectivity index (χ0n) is 14.6. The average Bonchev–Trinajstić information content (AvgIpc) is 3.03. The van der Waals surface area contributed by atoms with E-state index in [2.05, 4.69) is 10.0 Å². The van der Waals surface area contributed by atoms with E-state index in [9.17, 15) is 13.2 Å². The fourth-order valence-electron chi connectivity index (χ4n) is 2.17. The van der Waals surface area contributed by atoms with Crippen LogP contribution in [0.1, 0.15) is 36.0 Å². The Morgan fingerprint density at radius 2 is 1.96 bits per heavy atom. The van der Waals surface area contributed by atoms with E-state index >= 15 is 0 Å². The van der Waals surface area contributed by atoms with Crippen molar-refractivity contribution in [1.82, 2.24) is 10.0 Å². The van der Waals surface area contributed by atoms with Crippen molar-refractivity contribution in [3.63, 3.8) is 0 Å². The van der Waals surface area contributed by atoms with Gasteiger partial charge >= 0.3 is 0 Å². The first kappa shape index (κ1) is 19.4. The van der Waals surface area contributed by atoms with Gasteiger partial charge in [-0.1, -0.05) is 6.07 Å². The molecule has 1 amide bonds. The first-order chi connectivity index (χ1) is 11.6. The van der Waals surface area contributed by atoms with Gasteiger partial charge in [0.2, 0.25) is 10.0 Å². The molecule has 8 heteroatoms. The number of methoxy groups -OCH3 is 1. The van der Waals surface area contributed by atoms with E-state index in [0.29, 0.717) is 6.54 Å². The molecule has 0 saturated carbocycles. The van der Waals surface area contributed by atoms with Crippen LogP contribution >= 0.6 is 11.3 Å². The number of carbonyl (C=O) groups is 1. The van der Waals surface area contributed by atoms with Gasteiger partial charge in [-0.15, -0.1) is 11.3 Å². The van der Waals surface area contributed by atoms with Crippen LogP contribution in [-0.2, 0) is 16.6 Å². The fraction of sp³-hybridized carbons (Fsp3) is 0.353. The SMILES string of the molecule is COc1ccc(C(=O)NCc2cccs2)cc1S(=O)(=O)NC(C)(C)C. The molecule has 2 aromatic rings. The standard InChI is InChI=1S/C17H22N2O4S2/c1-17(2,3)19-25(21,22)15-10-12(7-8-14(15)23-4)16(20)18-11-13-6-5-9-24-13/h5-10,19H,11H2,1-4H3,(H,18,20). The second kappa shape index (κ2) is 7.55. The second-order valence-electron chi connectivity index (χ2n) is 6.48. The minimum atomic E-state index is -3.83. The highest BCUT2D eigenvalue weighted by Gasteiger charge is 2.26. The third-order valence-electron chi connectivity index (χ3n) is 3.16. The molecule has 0 unspecified atom stereocenters. The molecule has 1 aromatic heterocycles. The first-order valence-electron chi connectivity index (χ1n) is 7.65. The first-order valence-corrected chi connectivity index (χ1v) is 10.0. The van der Waals surface area contributed by atoms with Crippen LogP contribution in [0, 0.1) is 0 Å². The molecule has 0 saturated heterocycles. The number of sulfonamides is 1. The molecule has 25 heavy (non-hydrogen) atoms. The summed E-state index contributed by atoms with van der Waals surface area (Å²) in [6.45, 7) is 5.63. The summed E-state index contributed by atoms with van der Waals surface area (Å²) < 4.78 is 33.0. The predicted molar refractivity (Wildman–Crippen MR) is 98.6 cm³/mol. The number of benzene rings is 1.